The van der Waals surface area contributed by atoms with Crippen LogP contribution in [0.3, 0.4) is 0 Å². The fourth-order valence-corrected chi connectivity index (χ4v) is 3.09. The summed E-state index contributed by atoms with van der Waals surface area (Å²) in [4.78, 5) is 12.4. The molecule has 0 fully saturated rings. The van der Waals surface area contributed by atoms with Gasteiger partial charge in [-0.05, 0) is 18.6 Å². The highest BCUT2D eigenvalue weighted by molar-refractivity contribution is 7.17. The topological polar surface area (TPSA) is 55.1 Å². The standard InChI is InChI=1S/C14H18N2O2S/c1-8-6-10(13(17)18)19-11(8)9-7-16(5)15-12(9)14(2,3)4/h6-7H,1-5H3,(H,17,18). The van der Waals surface area contributed by atoms with Gasteiger partial charge in [-0.1, -0.05) is 20.8 Å². The predicted molar refractivity (Wildman–Crippen MR) is 76.9 cm³/mol. The summed E-state index contributed by atoms with van der Waals surface area (Å²) in [5, 5.41) is 13.6. The summed E-state index contributed by atoms with van der Waals surface area (Å²) in [7, 11) is 1.89. The summed E-state index contributed by atoms with van der Waals surface area (Å²) in [5.41, 5.74) is 2.94. The largest absolute Gasteiger partial charge is 0.477 e. The molecule has 2 aromatic rings. The Bertz CT molecular complexity index is 632. The first-order valence-corrected chi connectivity index (χ1v) is 6.90. The van der Waals surface area contributed by atoms with Crippen LogP contribution in [0.25, 0.3) is 10.4 Å². The number of hydrogen-bond acceptors (Lipinski definition) is 3. The Balaban J connectivity index is 2.62. The van der Waals surface area contributed by atoms with Crippen molar-refractivity contribution in [2.75, 3.05) is 0 Å². The van der Waals surface area contributed by atoms with Crippen LogP contribution in [0.5, 0.6) is 0 Å². The quantitative estimate of drug-likeness (QED) is 0.915. The monoisotopic (exact) mass is 278 g/mol. The first kappa shape index (κ1) is 13.8. The molecule has 2 rings (SSSR count). The van der Waals surface area contributed by atoms with Crippen LogP contribution < -0.4 is 0 Å². The Hall–Kier alpha value is -1.62. The maximum atomic E-state index is 11.1. The molecule has 4 nitrogen and oxygen atoms in total. The Morgan fingerprint density at radius 1 is 1.42 bits per heavy atom. The van der Waals surface area contributed by atoms with E-state index in [4.69, 9.17) is 5.11 Å². The highest BCUT2D eigenvalue weighted by Crippen LogP contribution is 2.38. The van der Waals surface area contributed by atoms with Gasteiger partial charge in [0.25, 0.3) is 0 Å². The summed E-state index contributed by atoms with van der Waals surface area (Å²) >= 11 is 1.31. The Labute approximate surface area is 116 Å². The highest BCUT2D eigenvalue weighted by atomic mass is 32.1. The third-order valence-corrected chi connectivity index (χ3v) is 4.17. The number of thiophene rings is 1. The Kier molecular flexibility index (Phi) is 3.26. The van der Waals surface area contributed by atoms with E-state index in [9.17, 15) is 4.79 Å². The molecule has 0 atom stereocenters. The molecule has 0 saturated carbocycles. The van der Waals surface area contributed by atoms with Crippen molar-refractivity contribution in [3.8, 4) is 10.4 Å². The van der Waals surface area contributed by atoms with Crippen LogP contribution in [0.1, 0.15) is 41.7 Å². The van der Waals surface area contributed by atoms with E-state index in [0.29, 0.717) is 4.88 Å². The highest BCUT2D eigenvalue weighted by Gasteiger charge is 2.25. The third kappa shape index (κ3) is 2.56. The molecule has 0 aliphatic heterocycles. The molecule has 0 amide bonds. The number of carbonyl (C=O) groups is 1. The molecule has 0 aliphatic rings. The van der Waals surface area contributed by atoms with Crippen LogP contribution in [0.2, 0.25) is 0 Å². The fraction of sp³-hybridized carbons (Fsp3) is 0.429. The van der Waals surface area contributed by atoms with Gasteiger partial charge in [0.1, 0.15) is 4.88 Å². The molecular weight excluding hydrogens is 260 g/mol. The lowest BCUT2D eigenvalue weighted by Crippen LogP contribution is -2.13. The van der Waals surface area contributed by atoms with Gasteiger partial charge in [0.2, 0.25) is 0 Å². The number of rotatable bonds is 2. The Morgan fingerprint density at radius 2 is 2.05 bits per heavy atom. The molecule has 0 spiro atoms. The number of nitrogens with zero attached hydrogens (tertiary/aromatic N) is 2. The number of aromatic nitrogens is 2. The molecule has 0 radical (unpaired) electrons. The van der Waals surface area contributed by atoms with Crippen LogP contribution >= 0.6 is 11.3 Å². The van der Waals surface area contributed by atoms with Gasteiger partial charge < -0.3 is 5.11 Å². The molecule has 0 aliphatic carbocycles. The molecular formula is C14H18N2O2S. The molecule has 0 aromatic carbocycles. The van der Waals surface area contributed by atoms with E-state index in [1.807, 2.05) is 20.2 Å². The van der Waals surface area contributed by atoms with E-state index in [1.165, 1.54) is 11.3 Å². The lowest BCUT2D eigenvalue weighted by Gasteiger charge is -2.17. The van der Waals surface area contributed by atoms with Gasteiger partial charge in [0.15, 0.2) is 0 Å². The fourth-order valence-electron chi connectivity index (χ4n) is 2.06. The van der Waals surface area contributed by atoms with E-state index in [1.54, 1.807) is 10.7 Å². The van der Waals surface area contributed by atoms with Crippen molar-refractivity contribution in [2.45, 2.75) is 33.1 Å². The van der Waals surface area contributed by atoms with Gasteiger partial charge in [0, 0.05) is 29.1 Å². The molecule has 102 valence electrons. The minimum atomic E-state index is -0.874. The zero-order chi connectivity index (χ0) is 14.4. The van der Waals surface area contributed by atoms with Crippen molar-refractivity contribution in [2.24, 2.45) is 7.05 Å². The number of aryl methyl sites for hydroxylation is 2. The van der Waals surface area contributed by atoms with Crippen molar-refractivity contribution in [3.05, 3.63) is 28.4 Å². The normalized spacial score (nSPS) is 11.8. The summed E-state index contributed by atoms with van der Waals surface area (Å²) in [6.07, 6.45) is 1.96. The van der Waals surface area contributed by atoms with E-state index in [-0.39, 0.29) is 5.41 Å². The third-order valence-electron chi connectivity index (χ3n) is 2.91. The van der Waals surface area contributed by atoms with Gasteiger partial charge in [-0.15, -0.1) is 11.3 Å². The van der Waals surface area contributed by atoms with E-state index < -0.39 is 5.97 Å². The zero-order valence-electron chi connectivity index (χ0n) is 11.8. The van der Waals surface area contributed by atoms with Crippen molar-refractivity contribution in [3.63, 3.8) is 0 Å². The van der Waals surface area contributed by atoms with E-state index in [0.717, 1.165) is 21.7 Å². The maximum Gasteiger partial charge on any atom is 0.345 e. The minimum absolute atomic E-state index is 0.0730. The molecule has 5 heteroatoms. The van der Waals surface area contributed by atoms with Gasteiger partial charge in [-0.3, -0.25) is 4.68 Å². The van der Waals surface area contributed by atoms with Crippen LogP contribution in [0.4, 0.5) is 0 Å². The Morgan fingerprint density at radius 3 is 2.53 bits per heavy atom. The summed E-state index contributed by atoms with van der Waals surface area (Å²) in [5.74, 6) is -0.874. The number of hydrogen-bond donors (Lipinski definition) is 1. The lowest BCUT2D eigenvalue weighted by molar-refractivity contribution is 0.0702. The van der Waals surface area contributed by atoms with Gasteiger partial charge >= 0.3 is 5.97 Å². The van der Waals surface area contributed by atoms with Crippen LogP contribution in [-0.4, -0.2) is 20.9 Å². The van der Waals surface area contributed by atoms with Gasteiger partial charge in [0.05, 0.1) is 5.69 Å². The molecule has 1 N–H and O–H groups in total. The van der Waals surface area contributed by atoms with Crippen molar-refractivity contribution in [1.82, 2.24) is 9.78 Å². The molecule has 0 saturated heterocycles. The summed E-state index contributed by atoms with van der Waals surface area (Å²) in [6, 6.07) is 1.72. The minimum Gasteiger partial charge on any atom is -0.477 e. The first-order chi connectivity index (χ1) is 8.70. The first-order valence-electron chi connectivity index (χ1n) is 6.08. The second-order valence-electron chi connectivity index (χ2n) is 5.74. The summed E-state index contributed by atoms with van der Waals surface area (Å²) < 4.78 is 1.79. The van der Waals surface area contributed by atoms with Crippen LogP contribution in [0, 0.1) is 6.92 Å². The number of aromatic carboxylic acids is 1. The van der Waals surface area contributed by atoms with Crippen LogP contribution in [-0.2, 0) is 12.5 Å². The van der Waals surface area contributed by atoms with Crippen molar-refractivity contribution in [1.29, 1.82) is 0 Å². The molecule has 2 heterocycles. The average Bonchev–Trinajstić information content (AvgIpc) is 2.80. The average molecular weight is 278 g/mol. The molecule has 19 heavy (non-hydrogen) atoms. The van der Waals surface area contributed by atoms with Crippen molar-refractivity contribution < 1.29 is 9.90 Å². The second kappa shape index (κ2) is 4.49. The maximum absolute atomic E-state index is 11.1. The van der Waals surface area contributed by atoms with Gasteiger partial charge in [-0.25, -0.2) is 4.79 Å². The number of carboxylic acid groups (broad SMARTS) is 1. The zero-order valence-corrected chi connectivity index (χ0v) is 12.6. The van der Waals surface area contributed by atoms with E-state index in [2.05, 4.69) is 25.9 Å². The second-order valence-corrected chi connectivity index (χ2v) is 6.80. The van der Waals surface area contributed by atoms with Crippen molar-refractivity contribution >= 4 is 17.3 Å². The SMILES string of the molecule is Cc1cc(C(=O)O)sc1-c1cn(C)nc1C(C)(C)C. The van der Waals surface area contributed by atoms with Crippen LogP contribution in [0.15, 0.2) is 12.3 Å². The smallest absolute Gasteiger partial charge is 0.345 e. The summed E-state index contributed by atoms with van der Waals surface area (Å²) in [6.45, 7) is 8.28. The van der Waals surface area contributed by atoms with Gasteiger partial charge in [-0.2, -0.15) is 5.10 Å². The lowest BCUT2D eigenvalue weighted by atomic mass is 9.89. The predicted octanol–water partition coefficient (Wildman–Crippen LogP) is 3.45. The molecule has 0 unspecified atom stereocenters. The molecule has 0 bridgehead atoms. The number of carboxylic acids is 1. The van der Waals surface area contributed by atoms with E-state index >= 15 is 0 Å². The molecule has 2 aromatic heterocycles.